The largest absolute Gasteiger partial charge is 0.390 e. The molecule has 1 aliphatic heterocycles. The molecule has 2 atom stereocenters. The second kappa shape index (κ2) is 5.28. The molecular formula is C12H24N2O. The SMILES string of the molecule is C[C@@H]1CCCCN1C[C@@H](O)CNC1CC1. The summed E-state index contributed by atoms with van der Waals surface area (Å²) in [6.07, 6.45) is 6.36. The monoisotopic (exact) mass is 212 g/mol. The van der Waals surface area contributed by atoms with Gasteiger partial charge in [-0.2, -0.15) is 0 Å². The highest BCUT2D eigenvalue weighted by atomic mass is 16.3. The van der Waals surface area contributed by atoms with Crippen molar-refractivity contribution in [1.82, 2.24) is 10.2 Å². The molecule has 0 aromatic rings. The molecule has 88 valence electrons. The van der Waals surface area contributed by atoms with Crippen molar-refractivity contribution in [3.63, 3.8) is 0 Å². The lowest BCUT2D eigenvalue weighted by atomic mass is 10.0. The van der Waals surface area contributed by atoms with Crippen molar-refractivity contribution in [3.05, 3.63) is 0 Å². The molecule has 0 spiro atoms. The number of nitrogens with zero attached hydrogens (tertiary/aromatic N) is 1. The zero-order valence-electron chi connectivity index (χ0n) is 9.78. The normalized spacial score (nSPS) is 30.4. The van der Waals surface area contributed by atoms with E-state index in [4.69, 9.17) is 0 Å². The lowest BCUT2D eigenvalue weighted by Gasteiger charge is -2.34. The first-order chi connectivity index (χ1) is 7.25. The summed E-state index contributed by atoms with van der Waals surface area (Å²) in [4.78, 5) is 2.43. The van der Waals surface area contributed by atoms with Gasteiger partial charge in [-0.05, 0) is 39.2 Å². The molecule has 2 N–H and O–H groups in total. The predicted molar refractivity (Wildman–Crippen MR) is 61.9 cm³/mol. The summed E-state index contributed by atoms with van der Waals surface area (Å²) in [5, 5.41) is 13.3. The molecule has 15 heavy (non-hydrogen) atoms. The van der Waals surface area contributed by atoms with Crippen LogP contribution in [0.1, 0.15) is 39.0 Å². The highest BCUT2D eigenvalue weighted by molar-refractivity contribution is 4.83. The number of rotatable bonds is 5. The standard InChI is InChI=1S/C12H24N2O/c1-10-4-2-3-7-14(10)9-12(15)8-13-11-5-6-11/h10-13,15H,2-9H2,1H3/t10-,12+/m1/s1. The molecule has 3 heteroatoms. The maximum absolute atomic E-state index is 9.89. The van der Waals surface area contributed by atoms with Crippen LogP contribution in [-0.4, -0.2) is 47.8 Å². The Labute approximate surface area is 92.8 Å². The van der Waals surface area contributed by atoms with Crippen LogP contribution in [0, 0.1) is 0 Å². The number of hydrogen-bond acceptors (Lipinski definition) is 3. The summed E-state index contributed by atoms with van der Waals surface area (Å²) in [5.41, 5.74) is 0. The minimum Gasteiger partial charge on any atom is -0.390 e. The van der Waals surface area contributed by atoms with Gasteiger partial charge in [-0.25, -0.2) is 0 Å². The Kier molecular flexibility index (Phi) is 4.00. The van der Waals surface area contributed by atoms with E-state index in [0.29, 0.717) is 12.1 Å². The average Bonchev–Trinajstić information content (AvgIpc) is 3.02. The molecule has 0 bridgehead atoms. The first-order valence-electron chi connectivity index (χ1n) is 6.41. The van der Waals surface area contributed by atoms with E-state index < -0.39 is 0 Å². The fraction of sp³-hybridized carbons (Fsp3) is 1.00. The summed E-state index contributed by atoms with van der Waals surface area (Å²) in [7, 11) is 0. The van der Waals surface area contributed by atoms with Crippen LogP contribution in [-0.2, 0) is 0 Å². The van der Waals surface area contributed by atoms with Gasteiger partial charge in [0, 0.05) is 25.2 Å². The van der Waals surface area contributed by atoms with Gasteiger partial charge < -0.3 is 10.4 Å². The smallest absolute Gasteiger partial charge is 0.0791 e. The molecule has 3 nitrogen and oxygen atoms in total. The molecule has 1 saturated carbocycles. The van der Waals surface area contributed by atoms with Gasteiger partial charge in [-0.15, -0.1) is 0 Å². The van der Waals surface area contributed by atoms with Crippen molar-refractivity contribution in [2.24, 2.45) is 0 Å². The number of aliphatic hydroxyl groups is 1. The molecule has 0 aromatic heterocycles. The van der Waals surface area contributed by atoms with Crippen LogP contribution in [0.25, 0.3) is 0 Å². The number of hydrogen-bond donors (Lipinski definition) is 2. The van der Waals surface area contributed by atoms with Crippen molar-refractivity contribution in [2.75, 3.05) is 19.6 Å². The van der Waals surface area contributed by atoms with Crippen LogP contribution in [0.5, 0.6) is 0 Å². The van der Waals surface area contributed by atoms with Crippen molar-refractivity contribution in [2.45, 2.75) is 57.2 Å². The van der Waals surface area contributed by atoms with Crippen LogP contribution in [0.2, 0.25) is 0 Å². The van der Waals surface area contributed by atoms with Crippen LogP contribution < -0.4 is 5.32 Å². The number of likely N-dealkylation sites (tertiary alicyclic amines) is 1. The maximum Gasteiger partial charge on any atom is 0.0791 e. The Balaban J connectivity index is 1.64. The van der Waals surface area contributed by atoms with Crippen molar-refractivity contribution < 1.29 is 5.11 Å². The molecule has 1 heterocycles. The second-order valence-corrected chi connectivity index (χ2v) is 5.18. The van der Waals surface area contributed by atoms with Crippen LogP contribution in [0.3, 0.4) is 0 Å². The Morgan fingerprint density at radius 1 is 1.33 bits per heavy atom. The van der Waals surface area contributed by atoms with Crippen LogP contribution in [0.15, 0.2) is 0 Å². The zero-order chi connectivity index (χ0) is 10.7. The molecule has 0 radical (unpaired) electrons. The van der Waals surface area contributed by atoms with Crippen molar-refractivity contribution in [1.29, 1.82) is 0 Å². The molecule has 1 saturated heterocycles. The minimum atomic E-state index is -0.189. The average molecular weight is 212 g/mol. The van der Waals surface area contributed by atoms with E-state index in [-0.39, 0.29) is 6.10 Å². The van der Waals surface area contributed by atoms with Crippen LogP contribution in [0.4, 0.5) is 0 Å². The fourth-order valence-electron chi connectivity index (χ4n) is 2.35. The van der Waals surface area contributed by atoms with Gasteiger partial charge in [0.2, 0.25) is 0 Å². The van der Waals surface area contributed by atoms with Gasteiger partial charge >= 0.3 is 0 Å². The van der Waals surface area contributed by atoms with Crippen molar-refractivity contribution >= 4 is 0 Å². The first-order valence-corrected chi connectivity index (χ1v) is 6.41. The summed E-state index contributed by atoms with van der Waals surface area (Å²) < 4.78 is 0. The van der Waals surface area contributed by atoms with Gasteiger partial charge in [0.05, 0.1) is 6.10 Å². The van der Waals surface area contributed by atoms with Gasteiger partial charge in [0.1, 0.15) is 0 Å². The minimum absolute atomic E-state index is 0.189. The van der Waals surface area contributed by atoms with Gasteiger partial charge in [-0.1, -0.05) is 6.42 Å². The topological polar surface area (TPSA) is 35.5 Å². The molecule has 0 unspecified atom stereocenters. The van der Waals surface area contributed by atoms with E-state index in [0.717, 1.165) is 13.1 Å². The molecular weight excluding hydrogens is 188 g/mol. The highest BCUT2D eigenvalue weighted by Crippen LogP contribution is 2.19. The number of β-amino-alcohol motifs (C(OH)–C–C–N with tert-alkyl or cyclic N) is 1. The second-order valence-electron chi connectivity index (χ2n) is 5.18. The van der Waals surface area contributed by atoms with E-state index in [9.17, 15) is 5.11 Å². The van der Waals surface area contributed by atoms with E-state index >= 15 is 0 Å². The molecule has 1 aliphatic carbocycles. The molecule has 2 fully saturated rings. The third-order valence-electron chi connectivity index (χ3n) is 3.61. The van der Waals surface area contributed by atoms with E-state index in [2.05, 4.69) is 17.1 Å². The van der Waals surface area contributed by atoms with Gasteiger partial charge in [-0.3, -0.25) is 4.90 Å². The van der Waals surface area contributed by atoms with Gasteiger partial charge in [0.25, 0.3) is 0 Å². The van der Waals surface area contributed by atoms with Gasteiger partial charge in [0.15, 0.2) is 0 Å². The number of nitrogens with one attached hydrogen (secondary N) is 1. The van der Waals surface area contributed by atoms with E-state index in [1.165, 1.54) is 38.6 Å². The molecule has 0 amide bonds. The molecule has 2 aliphatic rings. The summed E-state index contributed by atoms with van der Waals surface area (Å²) in [5.74, 6) is 0. The maximum atomic E-state index is 9.89. The molecule has 2 rings (SSSR count). The van der Waals surface area contributed by atoms with Crippen molar-refractivity contribution in [3.8, 4) is 0 Å². The predicted octanol–water partition coefficient (Wildman–Crippen LogP) is 0.974. The zero-order valence-corrected chi connectivity index (χ0v) is 9.78. The lowest BCUT2D eigenvalue weighted by molar-refractivity contribution is 0.0730. The quantitative estimate of drug-likeness (QED) is 0.713. The Bertz CT molecular complexity index is 194. The summed E-state index contributed by atoms with van der Waals surface area (Å²) in [6.45, 7) is 5.07. The number of piperidine rings is 1. The number of aliphatic hydroxyl groups excluding tert-OH is 1. The fourth-order valence-corrected chi connectivity index (χ4v) is 2.35. The molecule has 0 aromatic carbocycles. The Morgan fingerprint density at radius 3 is 2.80 bits per heavy atom. The first kappa shape index (κ1) is 11.4. The third kappa shape index (κ3) is 3.74. The van der Waals surface area contributed by atoms with E-state index in [1.54, 1.807) is 0 Å². The lowest BCUT2D eigenvalue weighted by Crippen LogP contribution is -2.45. The van der Waals surface area contributed by atoms with E-state index in [1.807, 2.05) is 0 Å². The highest BCUT2D eigenvalue weighted by Gasteiger charge is 2.24. The summed E-state index contributed by atoms with van der Waals surface area (Å²) in [6, 6.07) is 1.37. The third-order valence-corrected chi connectivity index (χ3v) is 3.61. The summed E-state index contributed by atoms with van der Waals surface area (Å²) >= 11 is 0. The Morgan fingerprint density at radius 2 is 2.13 bits per heavy atom. The Hall–Kier alpha value is -0.120. The van der Waals surface area contributed by atoms with Crippen LogP contribution >= 0.6 is 0 Å².